The van der Waals surface area contributed by atoms with Gasteiger partial charge in [-0.05, 0) is 70.7 Å². The molecule has 6 nitrogen and oxygen atoms in total. The van der Waals surface area contributed by atoms with Gasteiger partial charge in [0.2, 0.25) is 5.91 Å². The van der Waals surface area contributed by atoms with Crippen molar-refractivity contribution in [2.75, 3.05) is 6.54 Å². The van der Waals surface area contributed by atoms with Gasteiger partial charge in [-0.15, -0.1) is 0 Å². The molecule has 0 atom stereocenters. The number of carbonyl (C=O) groups excluding carboxylic acids is 1. The number of nitrogens with zero attached hydrogens (tertiary/aromatic N) is 5. The zero-order chi connectivity index (χ0) is 23.5. The normalized spacial score (nSPS) is 14.1. The fourth-order valence-corrected chi connectivity index (χ4v) is 4.81. The smallest absolute Gasteiger partial charge is 0.251 e. The third-order valence-corrected chi connectivity index (χ3v) is 6.57. The molecule has 0 spiro atoms. The first kappa shape index (κ1) is 23.1. The SMILES string of the molecule is Cc1cc(C)nc(-n2nc(C)c(CC(=O)N(CCc3ccc(F)cc3)C3CCCC3)c2C)n1. The number of halogens is 1. The molecular formula is C26H32FN5O. The van der Waals surface area contributed by atoms with Crippen molar-refractivity contribution in [2.45, 2.75) is 72.3 Å². The number of rotatable bonds is 7. The molecule has 2 heterocycles. The highest BCUT2D eigenvalue weighted by molar-refractivity contribution is 5.79. The lowest BCUT2D eigenvalue weighted by molar-refractivity contribution is -0.132. The van der Waals surface area contributed by atoms with Crippen molar-refractivity contribution in [3.63, 3.8) is 0 Å². The third-order valence-electron chi connectivity index (χ3n) is 6.57. The van der Waals surface area contributed by atoms with Gasteiger partial charge in [-0.1, -0.05) is 25.0 Å². The van der Waals surface area contributed by atoms with Gasteiger partial charge in [-0.25, -0.2) is 19.0 Å². The lowest BCUT2D eigenvalue weighted by atomic mass is 10.1. The summed E-state index contributed by atoms with van der Waals surface area (Å²) in [7, 11) is 0. The van der Waals surface area contributed by atoms with E-state index in [0.717, 1.165) is 66.0 Å². The first-order valence-corrected chi connectivity index (χ1v) is 11.7. The molecule has 33 heavy (non-hydrogen) atoms. The van der Waals surface area contributed by atoms with Crippen LogP contribution in [0.15, 0.2) is 30.3 Å². The maximum Gasteiger partial charge on any atom is 0.251 e. The molecule has 0 N–H and O–H groups in total. The van der Waals surface area contributed by atoms with Crippen LogP contribution >= 0.6 is 0 Å². The van der Waals surface area contributed by atoms with E-state index in [1.807, 2.05) is 38.7 Å². The zero-order valence-corrected chi connectivity index (χ0v) is 19.9. The standard InChI is InChI=1S/C26H32FN5O/c1-17-15-18(2)29-26(28-17)32-20(4)24(19(3)30-32)16-25(33)31(23-7-5-6-8-23)14-13-21-9-11-22(27)12-10-21/h9-12,15,23H,5-8,13-14,16H2,1-4H3. The van der Waals surface area contributed by atoms with Crippen molar-refractivity contribution in [2.24, 2.45) is 0 Å². The fraction of sp³-hybridized carbons (Fsp3) is 0.462. The van der Waals surface area contributed by atoms with E-state index in [9.17, 15) is 9.18 Å². The average Bonchev–Trinajstić information content (AvgIpc) is 3.39. The van der Waals surface area contributed by atoms with Crippen molar-refractivity contribution >= 4 is 5.91 Å². The van der Waals surface area contributed by atoms with Crippen molar-refractivity contribution in [1.82, 2.24) is 24.6 Å². The molecule has 3 aromatic rings. The van der Waals surface area contributed by atoms with Crippen LogP contribution in [0.25, 0.3) is 5.95 Å². The lowest BCUT2D eigenvalue weighted by Gasteiger charge is -2.29. The molecule has 4 rings (SSSR count). The Morgan fingerprint density at radius 3 is 2.33 bits per heavy atom. The molecule has 0 radical (unpaired) electrons. The molecule has 0 aliphatic heterocycles. The Morgan fingerprint density at radius 2 is 1.70 bits per heavy atom. The van der Waals surface area contributed by atoms with Gasteiger partial charge in [0.1, 0.15) is 5.82 Å². The Hall–Kier alpha value is -3.09. The molecule has 1 amide bonds. The Morgan fingerprint density at radius 1 is 1.06 bits per heavy atom. The summed E-state index contributed by atoms with van der Waals surface area (Å²) in [5.74, 6) is 0.421. The van der Waals surface area contributed by atoms with E-state index in [1.54, 1.807) is 16.8 Å². The molecular weight excluding hydrogens is 417 g/mol. The van der Waals surface area contributed by atoms with E-state index in [4.69, 9.17) is 0 Å². The maximum atomic E-state index is 13.5. The summed E-state index contributed by atoms with van der Waals surface area (Å²) in [6.45, 7) is 8.43. The predicted molar refractivity (Wildman–Crippen MR) is 126 cm³/mol. The summed E-state index contributed by atoms with van der Waals surface area (Å²) >= 11 is 0. The highest BCUT2D eigenvalue weighted by Gasteiger charge is 2.28. The lowest BCUT2D eigenvalue weighted by Crippen LogP contribution is -2.41. The zero-order valence-electron chi connectivity index (χ0n) is 19.9. The number of amides is 1. The third kappa shape index (κ3) is 5.29. The predicted octanol–water partition coefficient (Wildman–Crippen LogP) is 4.59. The van der Waals surface area contributed by atoms with Crippen LogP contribution in [0.5, 0.6) is 0 Å². The van der Waals surface area contributed by atoms with Gasteiger partial charge < -0.3 is 4.90 Å². The van der Waals surface area contributed by atoms with E-state index >= 15 is 0 Å². The van der Waals surface area contributed by atoms with Gasteiger partial charge in [0.15, 0.2) is 0 Å². The van der Waals surface area contributed by atoms with Crippen LogP contribution in [-0.2, 0) is 17.6 Å². The Labute approximate surface area is 194 Å². The van der Waals surface area contributed by atoms with Crippen molar-refractivity contribution in [1.29, 1.82) is 0 Å². The minimum absolute atomic E-state index is 0.121. The van der Waals surface area contributed by atoms with Gasteiger partial charge in [0, 0.05) is 35.2 Å². The minimum atomic E-state index is -0.238. The molecule has 0 bridgehead atoms. The van der Waals surface area contributed by atoms with Gasteiger partial charge in [0.05, 0.1) is 12.1 Å². The molecule has 7 heteroatoms. The summed E-state index contributed by atoms with van der Waals surface area (Å²) in [4.78, 5) is 24.6. The molecule has 1 saturated carbocycles. The molecule has 1 aromatic carbocycles. The number of carbonyl (C=O) groups is 1. The Bertz CT molecular complexity index is 1110. The molecule has 2 aromatic heterocycles. The first-order valence-electron chi connectivity index (χ1n) is 11.7. The Kier molecular flexibility index (Phi) is 6.86. The molecule has 174 valence electrons. The summed E-state index contributed by atoms with van der Waals surface area (Å²) < 4.78 is 15.0. The van der Waals surface area contributed by atoms with Crippen LogP contribution in [0.2, 0.25) is 0 Å². The molecule has 0 unspecified atom stereocenters. The van der Waals surface area contributed by atoms with E-state index in [1.165, 1.54) is 12.1 Å². The number of hydrogen-bond acceptors (Lipinski definition) is 4. The molecule has 1 aliphatic rings. The van der Waals surface area contributed by atoms with Crippen molar-refractivity contribution < 1.29 is 9.18 Å². The maximum absolute atomic E-state index is 13.5. The van der Waals surface area contributed by atoms with Crippen LogP contribution in [0.3, 0.4) is 0 Å². The largest absolute Gasteiger partial charge is 0.339 e. The van der Waals surface area contributed by atoms with Crippen LogP contribution < -0.4 is 0 Å². The number of aromatic nitrogens is 4. The summed E-state index contributed by atoms with van der Waals surface area (Å²) in [6.07, 6.45) is 5.43. The number of aryl methyl sites for hydroxylation is 3. The minimum Gasteiger partial charge on any atom is -0.339 e. The molecule has 0 saturated heterocycles. The number of benzene rings is 1. The van der Waals surface area contributed by atoms with Crippen LogP contribution in [0.1, 0.15) is 59.6 Å². The highest BCUT2D eigenvalue weighted by atomic mass is 19.1. The monoisotopic (exact) mass is 449 g/mol. The second-order valence-electron chi connectivity index (χ2n) is 9.09. The van der Waals surface area contributed by atoms with Crippen LogP contribution in [-0.4, -0.2) is 43.1 Å². The van der Waals surface area contributed by atoms with Crippen LogP contribution in [0.4, 0.5) is 4.39 Å². The quantitative estimate of drug-likeness (QED) is 0.529. The van der Waals surface area contributed by atoms with Crippen molar-refractivity contribution in [3.05, 3.63) is 70.1 Å². The van der Waals surface area contributed by atoms with E-state index < -0.39 is 0 Å². The van der Waals surface area contributed by atoms with Crippen molar-refractivity contribution in [3.8, 4) is 5.95 Å². The fourth-order valence-electron chi connectivity index (χ4n) is 4.81. The van der Waals surface area contributed by atoms with Gasteiger partial charge in [-0.3, -0.25) is 4.79 Å². The second kappa shape index (κ2) is 9.81. The first-order chi connectivity index (χ1) is 15.8. The Balaban J connectivity index is 1.54. The summed E-state index contributed by atoms with van der Waals surface area (Å²) in [6, 6.07) is 8.76. The van der Waals surface area contributed by atoms with Crippen LogP contribution in [0, 0.1) is 33.5 Å². The van der Waals surface area contributed by atoms with E-state index in [-0.39, 0.29) is 17.8 Å². The molecule has 1 fully saturated rings. The highest BCUT2D eigenvalue weighted by Crippen LogP contribution is 2.26. The van der Waals surface area contributed by atoms with Gasteiger partial charge in [0.25, 0.3) is 5.95 Å². The second-order valence-corrected chi connectivity index (χ2v) is 9.09. The van der Waals surface area contributed by atoms with Gasteiger partial charge >= 0.3 is 0 Å². The average molecular weight is 450 g/mol. The summed E-state index contributed by atoms with van der Waals surface area (Å²) in [5, 5.41) is 4.66. The topological polar surface area (TPSA) is 63.9 Å². The van der Waals surface area contributed by atoms with Gasteiger partial charge in [-0.2, -0.15) is 5.10 Å². The molecule has 1 aliphatic carbocycles. The van der Waals surface area contributed by atoms with E-state index in [2.05, 4.69) is 15.1 Å². The van der Waals surface area contributed by atoms with E-state index in [0.29, 0.717) is 18.9 Å². The summed E-state index contributed by atoms with van der Waals surface area (Å²) in [5.41, 5.74) is 5.47. The number of hydrogen-bond donors (Lipinski definition) is 0.